The zero-order chi connectivity index (χ0) is 23.8. The molecular weight excluding hydrogens is 420 g/mol. The summed E-state index contributed by atoms with van der Waals surface area (Å²) in [5, 5.41) is 33.1. The molecule has 0 aromatic heterocycles. The Hall–Kier alpha value is -3.40. The Morgan fingerprint density at radius 1 is 1.22 bits per heavy atom. The molecule has 0 unspecified atom stereocenters. The van der Waals surface area contributed by atoms with E-state index in [2.05, 4.69) is 0 Å². The van der Waals surface area contributed by atoms with Crippen LogP contribution < -0.4 is 0 Å². The van der Waals surface area contributed by atoms with Crippen molar-refractivity contribution in [2.45, 2.75) is 39.2 Å². The largest absolute Gasteiger partial charge is 0.459 e. The summed E-state index contributed by atoms with van der Waals surface area (Å²) in [5.74, 6) is -1.57. The van der Waals surface area contributed by atoms with Gasteiger partial charge in [-0.05, 0) is 37.3 Å². The summed E-state index contributed by atoms with van der Waals surface area (Å²) in [6, 6.07) is 2.53. The van der Waals surface area contributed by atoms with Crippen molar-refractivity contribution in [2.75, 3.05) is 6.61 Å². The van der Waals surface area contributed by atoms with Gasteiger partial charge in [0.25, 0.3) is 11.4 Å². The summed E-state index contributed by atoms with van der Waals surface area (Å²) in [5.41, 5.74) is -2.44. The lowest BCUT2D eigenvalue weighted by Crippen LogP contribution is -2.47. The van der Waals surface area contributed by atoms with Crippen molar-refractivity contribution in [3.8, 4) is 0 Å². The van der Waals surface area contributed by atoms with Gasteiger partial charge in [0, 0.05) is 23.5 Å². The first-order valence-corrected chi connectivity index (χ1v) is 10.1. The van der Waals surface area contributed by atoms with Crippen molar-refractivity contribution in [1.82, 2.24) is 0 Å². The van der Waals surface area contributed by atoms with E-state index >= 15 is 0 Å². The Bertz CT molecular complexity index is 1030. The molecular formula is C22H24N2O8. The summed E-state index contributed by atoms with van der Waals surface area (Å²) in [4.78, 5) is 45.0. The number of benzene rings is 1. The molecule has 10 nitrogen and oxygen atoms in total. The highest BCUT2D eigenvalue weighted by molar-refractivity contribution is 5.94. The minimum absolute atomic E-state index is 0.0173. The second kappa shape index (κ2) is 8.27. The first kappa shape index (κ1) is 23.3. The average Bonchev–Trinajstić information content (AvgIpc) is 2.74. The number of nitro benzene ring substituents is 2. The van der Waals surface area contributed by atoms with E-state index in [4.69, 9.17) is 4.74 Å². The number of carbonyl (C=O) groups is 2. The number of hydrogen-bond acceptors (Lipinski definition) is 8. The smallest absolute Gasteiger partial charge is 0.338 e. The van der Waals surface area contributed by atoms with Gasteiger partial charge in [0.15, 0.2) is 5.78 Å². The maximum absolute atomic E-state index is 12.5. The number of non-ortho nitro benzene ring substituents is 2. The Kier molecular flexibility index (Phi) is 6.01. The Labute approximate surface area is 183 Å². The fourth-order valence-corrected chi connectivity index (χ4v) is 4.34. The molecule has 3 rings (SSSR count). The van der Waals surface area contributed by atoms with Gasteiger partial charge in [-0.25, -0.2) is 4.79 Å². The third-order valence-corrected chi connectivity index (χ3v) is 6.70. The maximum Gasteiger partial charge on any atom is 0.338 e. The summed E-state index contributed by atoms with van der Waals surface area (Å²) < 4.78 is 5.20. The lowest BCUT2D eigenvalue weighted by molar-refractivity contribution is -0.394. The molecule has 0 bridgehead atoms. The number of nitro groups is 2. The second-order valence-corrected chi connectivity index (χ2v) is 8.86. The molecule has 170 valence electrons. The van der Waals surface area contributed by atoms with Crippen LogP contribution in [0.2, 0.25) is 0 Å². The Balaban J connectivity index is 1.76. The molecule has 10 heteroatoms. The van der Waals surface area contributed by atoms with Crippen LogP contribution in [0.15, 0.2) is 42.0 Å². The Morgan fingerprint density at radius 2 is 1.81 bits per heavy atom. The van der Waals surface area contributed by atoms with Crippen LogP contribution in [0.3, 0.4) is 0 Å². The van der Waals surface area contributed by atoms with Gasteiger partial charge in [0.1, 0.15) is 6.61 Å². The van der Waals surface area contributed by atoms with E-state index in [9.17, 15) is 34.9 Å². The van der Waals surface area contributed by atoms with Gasteiger partial charge in [0.05, 0.1) is 27.1 Å². The summed E-state index contributed by atoms with van der Waals surface area (Å²) in [6.45, 7) is 4.94. The van der Waals surface area contributed by atoms with Crippen molar-refractivity contribution >= 4 is 23.1 Å². The van der Waals surface area contributed by atoms with Crippen molar-refractivity contribution < 1.29 is 29.3 Å². The molecule has 1 aromatic carbocycles. The van der Waals surface area contributed by atoms with E-state index in [1.54, 1.807) is 6.08 Å². The molecule has 32 heavy (non-hydrogen) atoms. The Morgan fingerprint density at radius 3 is 2.38 bits per heavy atom. The third kappa shape index (κ3) is 4.31. The van der Waals surface area contributed by atoms with Crippen LogP contribution in [0.5, 0.6) is 0 Å². The normalized spacial score (nSPS) is 26.5. The molecule has 1 N–H and O–H groups in total. The molecule has 0 saturated heterocycles. The van der Waals surface area contributed by atoms with Gasteiger partial charge >= 0.3 is 5.97 Å². The fourth-order valence-electron chi connectivity index (χ4n) is 4.34. The van der Waals surface area contributed by atoms with Crippen molar-refractivity contribution in [3.05, 3.63) is 67.8 Å². The van der Waals surface area contributed by atoms with E-state index in [0.29, 0.717) is 12.8 Å². The van der Waals surface area contributed by atoms with Crippen molar-refractivity contribution in [3.63, 3.8) is 0 Å². The zero-order valence-electron chi connectivity index (χ0n) is 17.9. The number of allylic oxidation sites excluding steroid dienone is 4. The predicted molar refractivity (Wildman–Crippen MR) is 113 cm³/mol. The highest BCUT2D eigenvalue weighted by Crippen LogP contribution is 2.50. The molecule has 0 fully saturated rings. The van der Waals surface area contributed by atoms with Gasteiger partial charge in [-0.15, -0.1) is 0 Å². The number of fused-ring (bicyclic) bond motifs is 1. The summed E-state index contributed by atoms with van der Waals surface area (Å²) in [6.07, 6.45) is 6.37. The highest BCUT2D eigenvalue weighted by Gasteiger charge is 2.47. The van der Waals surface area contributed by atoms with Crippen LogP contribution in [-0.4, -0.2) is 38.9 Å². The monoisotopic (exact) mass is 444 g/mol. The van der Waals surface area contributed by atoms with Crippen LogP contribution >= 0.6 is 0 Å². The standard InChI is InChI=1S/C22H24N2O8/c1-13-19(25)7-6-15-4-5-16(11-21(13,15)2)22(3,27)12-32-20(26)14-8-17(23(28)29)10-18(9-14)24(30)31/h4,6-10,13,16,27H,5,11-12H2,1-3H3/t13-,16-,21+,22+/m1/s1. The quantitative estimate of drug-likeness (QED) is 0.398. The molecule has 2 aliphatic carbocycles. The zero-order valence-corrected chi connectivity index (χ0v) is 17.9. The van der Waals surface area contributed by atoms with E-state index in [1.807, 2.05) is 26.0 Å². The predicted octanol–water partition coefficient (Wildman–Crippen LogP) is 3.53. The SMILES string of the molecule is C[C@@H]1C(=O)C=CC2=CC[C@@H]([C@@](C)(O)COC(=O)c3cc([N+](=O)[O-])cc([N+](=O)[O-])c3)C[C@]21C. The molecule has 2 aliphatic rings. The van der Waals surface area contributed by atoms with Crippen LogP contribution in [-0.2, 0) is 9.53 Å². The van der Waals surface area contributed by atoms with Crippen molar-refractivity contribution in [2.24, 2.45) is 17.3 Å². The van der Waals surface area contributed by atoms with Crippen LogP contribution in [0.4, 0.5) is 11.4 Å². The summed E-state index contributed by atoms with van der Waals surface area (Å²) in [7, 11) is 0. The number of ether oxygens (including phenoxy) is 1. The topological polar surface area (TPSA) is 150 Å². The number of esters is 1. The lowest BCUT2D eigenvalue weighted by atomic mass is 9.58. The maximum atomic E-state index is 12.5. The van der Waals surface area contributed by atoms with E-state index in [-0.39, 0.29) is 23.2 Å². The third-order valence-electron chi connectivity index (χ3n) is 6.70. The number of ketones is 1. The van der Waals surface area contributed by atoms with Gasteiger partial charge in [-0.3, -0.25) is 25.0 Å². The highest BCUT2D eigenvalue weighted by atomic mass is 16.6. The number of carbonyl (C=O) groups excluding carboxylic acids is 2. The van der Waals surface area contributed by atoms with Crippen LogP contribution in [0.25, 0.3) is 0 Å². The number of rotatable bonds is 6. The minimum atomic E-state index is -1.45. The number of aliphatic hydroxyl groups is 1. The average molecular weight is 444 g/mol. The van der Waals surface area contributed by atoms with Crippen LogP contribution in [0, 0.1) is 37.5 Å². The molecule has 1 aromatic rings. The fraction of sp³-hybridized carbons (Fsp3) is 0.455. The minimum Gasteiger partial charge on any atom is -0.459 e. The van der Waals surface area contributed by atoms with Gasteiger partial charge in [0.2, 0.25) is 0 Å². The molecule has 0 spiro atoms. The molecule has 0 aliphatic heterocycles. The molecule has 4 atom stereocenters. The molecule has 0 saturated carbocycles. The van der Waals surface area contributed by atoms with E-state index in [1.165, 1.54) is 6.92 Å². The molecule has 0 heterocycles. The van der Waals surface area contributed by atoms with Gasteiger partial charge in [-0.2, -0.15) is 0 Å². The first-order valence-electron chi connectivity index (χ1n) is 10.1. The first-order chi connectivity index (χ1) is 14.8. The van der Waals surface area contributed by atoms with Gasteiger partial charge < -0.3 is 9.84 Å². The lowest BCUT2D eigenvalue weighted by Gasteiger charge is -2.47. The summed E-state index contributed by atoms with van der Waals surface area (Å²) >= 11 is 0. The number of hydrogen-bond donors (Lipinski definition) is 1. The van der Waals surface area contributed by atoms with Crippen LogP contribution in [0.1, 0.15) is 44.0 Å². The molecule has 0 radical (unpaired) electrons. The van der Waals surface area contributed by atoms with Gasteiger partial charge in [-0.1, -0.05) is 26.0 Å². The number of nitrogens with zero attached hydrogens (tertiary/aromatic N) is 2. The van der Waals surface area contributed by atoms with Crippen molar-refractivity contribution in [1.29, 1.82) is 0 Å². The van der Waals surface area contributed by atoms with E-state index < -0.39 is 44.8 Å². The van der Waals surface area contributed by atoms with E-state index in [0.717, 1.165) is 23.8 Å². The second-order valence-electron chi connectivity index (χ2n) is 8.86. The molecule has 0 amide bonds.